The summed E-state index contributed by atoms with van der Waals surface area (Å²) in [5.74, 6) is 0.0283. The molecule has 3 rings (SSSR count). The first kappa shape index (κ1) is 11.7. The van der Waals surface area contributed by atoms with Gasteiger partial charge in [-0.3, -0.25) is 9.63 Å². The molecule has 3 nitrogen and oxygen atoms in total. The molecule has 0 bridgehead atoms. The van der Waals surface area contributed by atoms with Crippen LogP contribution in [0.25, 0.3) is 0 Å². The molecule has 2 aliphatic carbocycles. The second-order valence-corrected chi connectivity index (χ2v) is 5.40. The second kappa shape index (κ2) is 4.73. The zero-order chi connectivity index (χ0) is 12.4. The van der Waals surface area contributed by atoms with Crippen LogP contribution < -0.4 is 5.48 Å². The van der Waals surface area contributed by atoms with Gasteiger partial charge in [-0.05, 0) is 31.2 Å². The minimum Gasteiger partial charge on any atom is -0.272 e. The van der Waals surface area contributed by atoms with Crippen molar-refractivity contribution in [1.82, 2.24) is 5.48 Å². The van der Waals surface area contributed by atoms with Crippen LogP contribution >= 0.6 is 0 Å². The highest BCUT2D eigenvalue weighted by Crippen LogP contribution is 2.48. The molecule has 1 aromatic carbocycles. The van der Waals surface area contributed by atoms with Gasteiger partial charge in [-0.1, -0.05) is 43.2 Å². The topological polar surface area (TPSA) is 38.3 Å². The highest BCUT2D eigenvalue weighted by Gasteiger charge is 2.51. The van der Waals surface area contributed by atoms with E-state index in [0.717, 1.165) is 31.2 Å². The number of carbonyl (C=O) groups is 1. The molecule has 0 heterocycles. The summed E-state index contributed by atoms with van der Waals surface area (Å²) in [5, 5.41) is 0. The summed E-state index contributed by atoms with van der Waals surface area (Å²) >= 11 is 0. The summed E-state index contributed by atoms with van der Waals surface area (Å²) in [6, 6.07) is 10.0. The van der Waals surface area contributed by atoms with Gasteiger partial charge in [0.2, 0.25) is 0 Å². The van der Waals surface area contributed by atoms with Gasteiger partial charge in [-0.2, -0.15) is 0 Å². The summed E-state index contributed by atoms with van der Waals surface area (Å²) in [5.41, 5.74) is 3.48. The van der Waals surface area contributed by atoms with Gasteiger partial charge in [-0.15, -0.1) is 0 Å². The van der Waals surface area contributed by atoms with E-state index < -0.39 is 0 Å². The fourth-order valence-corrected chi connectivity index (χ4v) is 2.77. The van der Waals surface area contributed by atoms with Crippen molar-refractivity contribution in [2.24, 2.45) is 0 Å². The highest BCUT2D eigenvalue weighted by atomic mass is 16.7. The van der Waals surface area contributed by atoms with Gasteiger partial charge >= 0.3 is 0 Å². The largest absolute Gasteiger partial charge is 0.272 e. The quantitative estimate of drug-likeness (QED) is 0.828. The normalized spacial score (nSPS) is 21.8. The molecule has 96 valence electrons. The molecule has 2 fully saturated rings. The van der Waals surface area contributed by atoms with Crippen LogP contribution in [-0.2, 0) is 15.0 Å². The van der Waals surface area contributed by atoms with E-state index in [2.05, 4.69) is 5.48 Å². The Labute approximate surface area is 107 Å². The van der Waals surface area contributed by atoms with E-state index in [-0.39, 0.29) is 17.4 Å². The molecule has 0 aliphatic heterocycles. The van der Waals surface area contributed by atoms with Crippen molar-refractivity contribution >= 4 is 5.91 Å². The monoisotopic (exact) mass is 245 g/mol. The third-order valence-corrected chi connectivity index (χ3v) is 4.13. The minimum absolute atomic E-state index is 0.0283. The van der Waals surface area contributed by atoms with Gasteiger partial charge in [0.25, 0.3) is 5.91 Å². The zero-order valence-corrected chi connectivity index (χ0v) is 10.5. The van der Waals surface area contributed by atoms with E-state index in [0.29, 0.717) is 0 Å². The molecule has 1 amide bonds. The summed E-state index contributed by atoms with van der Waals surface area (Å²) in [4.78, 5) is 17.8. The molecule has 1 aromatic rings. The number of hydroxylamine groups is 1. The van der Waals surface area contributed by atoms with Crippen molar-refractivity contribution < 1.29 is 9.63 Å². The Bertz CT molecular complexity index is 419. The highest BCUT2D eigenvalue weighted by molar-refractivity contribution is 5.90. The van der Waals surface area contributed by atoms with Crippen LogP contribution in [0.4, 0.5) is 0 Å². The Morgan fingerprint density at radius 1 is 1.17 bits per heavy atom. The van der Waals surface area contributed by atoms with Crippen molar-refractivity contribution in [3.63, 3.8) is 0 Å². The number of carbonyl (C=O) groups excluding carboxylic acids is 1. The van der Waals surface area contributed by atoms with Crippen LogP contribution in [0.2, 0.25) is 0 Å². The first-order chi connectivity index (χ1) is 8.81. The Kier molecular flexibility index (Phi) is 3.08. The molecule has 0 spiro atoms. The summed E-state index contributed by atoms with van der Waals surface area (Å²) in [7, 11) is 0. The minimum atomic E-state index is -0.320. The molecule has 0 saturated heterocycles. The summed E-state index contributed by atoms with van der Waals surface area (Å²) in [6.45, 7) is 0. The Balaban J connectivity index is 1.62. The molecule has 1 N–H and O–H groups in total. The van der Waals surface area contributed by atoms with Gasteiger partial charge in [0, 0.05) is 0 Å². The Morgan fingerprint density at radius 3 is 2.44 bits per heavy atom. The number of benzene rings is 1. The average molecular weight is 245 g/mol. The zero-order valence-electron chi connectivity index (χ0n) is 10.5. The van der Waals surface area contributed by atoms with E-state index in [9.17, 15) is 4.79 Å². The maximum Gasteiger partial charge on any atom is 0.254 e. The maximum atomic E-state index is 12.2. The first-order valence-corrected chi connectivity index (χ1v) is 6.83. The number of amides is 1. The lowest BCUT2D eigenvalue weighted by Gasteiger charge is -2.17. The van der Waals surface area contributed by atoms with Crippen molar-refractivity contribution in [2.75, 3.05) is 0 Å². The predicted octanol–water partition coefficient (Wildman–Crippen LogP) is 2.71. The third-order valence-electron chi connectivity index (χ3n) is 4.13. The molecule has 0 atom stereocenters. The van der Waals surface area contributed by atoms with Crippen molar-refractivity contribution in [3.8, 4) is 0 Å². The standard InChI is InChI=1S/C15H19NO2/c17-14(16-18-13-8-4-5-9-13)15(10-11-15)12-6-2-1-3-7-12/h1-3,6-7,13H,4-5,8-11H2,(H,16,17). The second-order valence-electron chi connectivity index (χ2n) is 5.40. The fourth-order valence-electron chi connectivity index (χ4n) is 2.77. The molecule has 0 unspecified atom stereocenters. The molecule has 18 heavy (non-hydrogen) atoms. The first-order valence-electron chi connectivity index (χ1n) is 6.83. The summed E-state index contributed by atoms with van der Waals surface area (Å²) < 4.78 is 0. The van der Waals surface area contributed by atoms with Gasteiger partial charge in [0.05, 0.1) is 11.5 Å². The molecular weight excluding hydrogens is 226 g/mol. The van der Waals surface area contributed by atoms with E-state index >= 15 is 0 Å². The van der Waals surface area contributed by atoms with Gasteiger partial charge in [0.15, 0.2) is 0 Å². The number of rotatable bonds is 4. The lowest BCUT2D eigenvalue weighted by atomic mass is 9.95. The molecule has 2 saturated carbocycles. The van der Waals surface area contributed by atoms with Crippen LogP contribution in [0.1, 0.15) is 44.1 Å². The van der Waals surface area contributed by atoms with Crippen LogP contribution in [0, 0.1) is 0 Å². The van der Waals surface area contributed by atoms with Crippen LogP contribution in [0.5, 0.6) is 0 Å². The Hall–Kier alpha value is -1.35. The molecular formula is C15H19NO2. The van der Waals surface area contributed by atoms with Crippen LogP contribution in [-0.4, -0.2) is 12.0 Å². The molecule has 2 aliphatic rings. The van der Waals surface area contributed by atoms with E-state index in [1.165, 1.54) is 12.8 Å². The number of hydrogen-bond donors (Lipinski definition) is 1. The van der Waals surface area contributed by atoms with Crippen LogP contribution in [0.3, 0.4) is 0 Å². The van der Waals surface area contributed by atoms with Gasteiger partial charge < -0.3 is 0 Å². The number of nitrogens with one attached hydrogen (secondary N) is 1. The molecule has 0 aromatic heterocycles. The van der Waals surface area contributed by atoms with Crippen molar-refractivity contribution in [2.45, 2.75) is 50.0 Å². The van der Waals surface area contributed by atoms with E-state index in [1.54, 1.807) is 0 Å². The molecule has 0 radical (unpaired) electrons. The van der Waals surface area contributed by atoms with Gasteiger partial charge in [-0.25, -0.2) is 5.48 Å². The fraction of sp³-hybridized carbons (Fsp3) is 0.533. The predicted molar refractivity (Wildman–Crippen MR) is 68.8 cm³/mol. The van der Waals surface area contributed by atoms with Crippen LogP contribution in [0.15, 0.2) is 30.3 Å². The smallest absolute Gasteiger partial charge is 0.254 e. The van der Waals surface area contributed by atoms with Gasteiger partial charge in [0.1, 0.15) is 0 Å². The average Bonchev–Trinajstić information content (AvgIpc) is 3.07. The van der Waals surface area contributed by atoms with E-state index in [4.69, 9.17) is 4.84 Å². The Morgan fingerprint density at radius 2 is 1.83 bits per heavy atom. The van der Waals surface area contributed by atoms with E-state index in [1.807, 2.05) is 30.3 Å². The lowest BCUT2D eigenvalue weighted by Crippen LogP contribution is -2.36. The number of hydrogen-bond acceptors (Lipinski definition) is 2. The summed E-state index contributed by atoms with van der Waals surface area (Å²) in [6.07, 6.45) is 6.64. The molecule has 3 heteroatoms. The third kappa shape index (κ3) is 2.15. The SMILES string of the molecule is O=C(NOC1CCCC1)C1(c2ccccc2)CC1. The lowest BCUT2D eigenvalue weighted by molar-refractivity contribution is -0.140. The maximum absolute atomic E-state index is 12.2. The van der Waals surface area contributed by atoms with Crippen molar-refractivity contribution in [3.05, 3.63) is 35.9 Å². The van der Waals surface area contributed by atoms with Crippen molar-refractivity contribution in [1.29, 1.82) is 0 Å².